The Hall–Kier alpha value is 2.21. The second-order valence-electron chi connectivity index (χ2n) is 4.77. The van der Waals surface area contributed by atoms with E-state index in [4.69, 9.17) is 0 Å². The molecule has 0 aromatic rings. The van der Waals surface area contributed by atoms with Gasteiger partial charge in [-0.25, -0.2) is 0 Å². The van der Waals surface area contributed by atoms with E-state index >= 15 is 0 Å². The summed E-state index contributed by atoms with van der Waals surface area (Å²) in [6.07, 6.45) is 1.50. The molecule has 0 spiro atoms. The molecule has 2 heteroatoms. The zero-order chi connectivity index (χ0) is 23.5. The number of hydrogen-bond donors (Lipinski definition) is 0. The minimum Gasteiger partial charge on any atom is -0.372 e. The fourth-order valence-electron chi connectivity index (χ4n) is 0. The van der Waals surface area contributed by atoms with Gasteiger partial charge in [0.25, 0.3) is 0 Å². The second kappa shape index (κ2) is 133. The Balaban J connectivity index is -0.0000000104. The molecule has 0 saturated heterocycles. The summed E-state index contributed by atoms with van der Waals surface area (Å²) < 4.78 is 0. The van der Waals surface area contributed by atoms with Crippen molar-refractivity contribution in [2.45, 2.75) is 131 Å². The summed E-state index contributed by atoms with van der Waals surface area (Å²) in [7, 11) is 0. The quantitative estimate of drug-likeness (QED) is 0.260. The molecule has 176 valence electrons. The van der Waals surface area contributed by atoms with Gasteiger partial charge >= 0.3 is 65.4 Å². The molecular formula is C26H66Y2. The molecule has 0 aliphatic carbocycles. The third-order valence-electron chi connectivity index (χ3n) is 0. The summed E-state index contributed by atoms with van der Waals surface area (Å²) in [6.45, 7) is 49.7. The molecule has 0 rings (SSSR count). The number of rotatable bonds is 0. The molecule has 0 aliphatic heterocycles. The Morgan fingerprint density at radius 3 is 0.536 bits per heavy atom. The maximum atomic E-state index is 3.77. The fourth-order valence-corrected chi connectivity index (χ4v) is 0. The fraction of sp³-hybridized carbons (Fsp3) is 0.769. The normalized spacial score (nSPS) is 5.79. The minimum absolute atomic E-state index is 0. The summed E-state index contributed by atoms with van der Waals surface area (Å²) in [4.78, 5) is 0. The summed E-state index contributed by atoms with van der Waals surface area (Å²) in [6, 6.07) is 0. The van der Waals surface area contributed by atoms with Gasteiger partial charge in [-0.2, -0.15) is 26.2 Å². The second-order valence-corrected chi connectivity index (χ2v) is 4.77. The van der Waals surface area contributed by atoms with Crippen LogP contribution in [0.25, 0.3) is 0 Å². The van der Waals surface area contributed by atoms with Crippen LogP contribution >= 0.6 is 0 Å². The van der Waals surface area contributed by atoms with Crippen LogP contribution in [0.5, 0.6) is 0 Å². The van der Waals surface area contributed by atoms with E-state index in [1.807, 2.05) is 69.2 Å². The van der Waals surface area contributed by atoms with Crippen molar-refractivity contribution in [1.29, 1.82) is 0 Å². The van der Waals surface area contributed by atoms with Crippen LogP contribution in [-0.2, 0) is 65.4 Å². The van der Waals surface area contributed by atoms with Gasteiger partial charge in [0.05, 0.1) is 0 Å². The van der Waals surface area contributed by atoms with Crippen LogP contribution in [0.2, 0.25) is 0 Å². The molecule has 0 saturated carbocycles. The Morgan fingerprint density at radius 2 is 0.536 bits per heavy atom. The van der Waals surface area contributed by atoms with Crippen molar-refractivity contribution < 1.29 is 65.4 Å². The van der Waals surface area contributed by atoms with Crippen LogP contribution < -0.4 is 0 Å². The van der Waals surface area contributed by atoms with Crippen molar-refractivity contribution in [2.75, 3.05) is 0 Å². The van der Waals surface area contributed by atoms with Gasteiger partial charge in [-0.3, -0.25) is 0 Å². The smallest absolute Gasteiger partial charge is 0.372 e. The first-order valence-electron chi connectivity index (χ1n) is 10.4. The molecule has 0 bridgehead atoms. The van der Waals surface area contributed by atoms with Crippen LogP contribution in [0, 0.1) is 46.0 Å². The zero-order valence-electron chi connectivity index (χ0n) is 23.1. The molecule has 0 aliphatic rings. The van der Waals surface area contributed by atoms with Crippen LogP contribution in [0.15, 0.2) is 0 Å². The summed E-state index contributed by atoms with van der Waals surface area (Å²) in [5.74, 6) is 1.42. The van der Waals surface area contributed by atoms with E-state index in [-0.39, 0.29) is 78.3 Å². The molecule has 0 aromatic heterocycles. The maximum absolute atomic E-state index is 3.77. The molecule has 0 N–H and O–H groups in total. The minimum atomic E-state index is 0. The molecule has 0 amide bonds. The van der Waals surface area contributed by atoms with Gasteiger partial charge in [0.2, 0.25) is 0 Å². The van der Waals surface area contributed by atoms with E-state index in [0.29, 0.717) is 0 Å². The molecular weight excluding hydrogens is 490 g/mol. The molecule has 0 radical (unpaired) electrons. The predicted octanol–water partition coefficient (Wildman–Crippen LogP) is 11.3. The summed E-state index contributed by atoms with van der Waals surface area (Å²) in [5.41, 5.74) is 0.250. The SMILES string of the molecule is C.CC.CC.CC.CC.CC.C[C-](C)C.[CH2-]C(C)(C)C.[CH2-]C[CH2-].[CH2-]C[CH2-].[Y+3].[Y+3]. The Morgan fingerprint density at radius 1 is 0.536 bits per heavy atom. The van der Waals surface area contributed by atoms with Gasteiger partial charge in [-0.1, -0.05) is 97.4 Å². The first kappa shape index (κ1) is 77.7. The third kappa shape index (κ3) is 4280. The van der Waals surface area contributed by atoms with Crippen molar-refractivity contribution in [1.82, 2.24) is 0 Å². The van der Waals surface area contributed by atoms with Crippen molar-refractivity contribution in [2.24, 2.45) is 5.41 Å². The molecule has 0 heterocycles. The van der Waals surface area contributed by atoms with Crippen LogP contribution in [0.3, 0.4) is 0 Å². The molecule has 0 nitrogen and oxygen atoms in total. The van der Waals surface area contributed by atoms with Gasteiger partial charge in [0.15, 0.2) is 0 Å². The molecule has 0 atom stereocenters. The van der Waals surface area contributed by atoms with Crippen LogP contribution in [-0.4, -0.2) is 0 Å². The first-order chi connectivity index (χ1) is 11.6. The van der Waals surface area contributed by atoms with E-state index < -0.39 is 0 Å². The van der Waals surface area contributed by atoms with E-state index in [1.54, 1.807) is 0 Å². The van der Waals surface area contributed by atoms with Crippen LogP contribution in [0.1, 0.15) is 131 Å². The Kier molecular flexibility index (Phi) is 370. The average molecular weight is 557 g/mol. The van der Waals surface area contributed by atoms with E-state index in [0.717, 1.165) is 12.8 Å². The Bertz CT molecular complexity index is 64.2. The van der Waals surface area contributed by atoms with Crippen molar-refractivity contribution in [3.8, 4) is 0 Å². The standard InChI is InChI=1S/C5H11.C4H9.2C3H6.5C2H6.CH4.2Y/c1-5(2,3)4;1-4(2)3;2*1-3-2;5*1-2;;;/h1H2,2-4H3;1-3H3;2*1-3H2;5*1-2H3;1H4;;/q2*-1;2*-2;;;;;;;2*+3. The van der Waals surface area contributed by atoms with Crippen molar-refractivity contribution >= 4 is 0 Å². The summed E-state index contributed by atoms with van der Waals surface area (Å²) >= 11 is 0. The van der Waals surface area contributed by atoms with Gasteiger partial charge < -0.3 is 53.4 Å². The molecule has 0 fully saturated rings. The average Bonchev–Trinajstić information content (AvgIpc) is 2.56. The zero-order valence-corrected chi connectivity index (χ0v) is 28.8. The molecule has 0 aromatic carbocycles. The third-order valence-corrected chi connectivity index (χ3v) is 0. The topological polar surface area (TPSA) is 0 Å². The van der Waals surface area contributed by atoms with Crippen molar-refractivity contribution in [3.63, 3.8) is 0 Å². The van der Waals surface area contributed by atoms with E-state index in [2.05, 4.69) is 76.2 Å². The maximum Gasteiger partial charge on any atom is 3.00 e. The van der Waals surface area contributed by atoms with Crippen LogP contribution in [0.4, 0.5) is 0 Å². The molecule has 28 heavy (non-hydrogen) atoms. The van der Waals surface area contributed by atoms with Gasteiger partial charge in [-0.05, 0) is 0 Å². The van der Waals surface area contributed by atoms with Gasteiger partial charge in [0, 0.05) is 0 Å². The van der Waals surface area contributed by atoms with E-state index in [9.17, 15) is 0 Å². The molecule has 0 unspecified atom stereocenters. The van der Waals surface area contributed by atoms with E-state index in [1.165, 1.54) is 5.92 Å². The largest absolute Gasteiger partial charge is 3.00 e. The van der Waals surface area contributed by atoms with Crippen molar-refractivity contribution in [3.05, 3.63) is 40.5 Å². The first-order valence-corrected chi connectivity index (χ1v) is 10.4. The predicted molar refractivity (Wildman–Crippen MR) is 139 cm³/mol. The van der Waals surface area contributed by atoms with Gasteiger partial charge in [0.1, 0.15) is 0 Å². The Labute approximate surface area is 240 Å². The summed E-state index contributed by atoms with van der Waals surface area (Å²) in [5, 5.41) is 0. The number of hydrogen-bond acceptors (Lipinski definition) is 0. The van der Waals surface area contributed by atoms with Gasteiger partial charge in [-0.15, -0.1) is 0 Å². The monoisotopic (exact) mass is 556 g/mol.